The Morgan fingerprint density at radius 1 is 0.286 bits per heavy atom. The van der Waals surface area contributed by atoms with Gasteiger partial charge in [0.25, 0.3) is 0 Å². The first-order valence-corrected chi connectivity index (χ1v) is 25.2. The molecule has 2 heteroatoms. The van der Waals surface area contributed by atoms with E-state index in [2.05, 4.69) is 254 Å². The van der Waals surface area contributed by atoms with Gasteiger partial charge >= 0.3 is 0 Å². The Labute approximate surface area is 410 Å². The van der Waals surface area contributed by atoms with Crippen LogP contribution >= 0.6 is 11.3 Å². The molecule has 0 fully saturated rings. The second kappa shape index (κ2) is 14.0. The van der Waals surface area contributed by atoms with Crippen LogP contribution in [0.5, 0.6) is 0 Å². The number of hydrogen-bond acceptors (Lipinski definition) is 2. The highest BCUT2D eigenvalue weighted by Crippen LogP contribution is 2.67. The molecule has 0 amide bonds. The summed E-state index contributed by atoms with van der Waals surface area (Å²) in [6, 6.07) is 94.1. The fourth-order valence-electron chi connectivity index (χ4n) is 13.7. The lowest BCUT2D eigenvalue weighted by Crippen LogP contribution is -2.26. The van der Waals surface area contributed by atoms with Crippen molar-refractivity contribution in [3.8, 4) is 55.6 Å². The number of benzene rings is 11. The number of fused-ring (bicyclic) bond motifs is 24. The quantitative estimate of drug-likeness (QED) is 0.170. The largest absolute Gasteiger partial charge is 0.310 e. The molecule has 70 heavy (non-hydrogen) atoms. The van der Waals surface area contributed by atoms with E-state index in [1.54, 1.807) is 0 Å². The Hall–Kier alpha value is -8.56. The zero-order valence-electron chi connectivity index (χ0n) is 38.0. The minimum atomic E-state index is -0.512. The van der Waals surface area contributed by atoms with Gasteiger partial charge in [-0.25, -0.2) is 0 Å². The molecular weight excluding hydrogens is 863 g/mol. The highest BCUT2D eigenvalue weighted by atomic mass is 32.1. The van der Waals surface area contributed by atoms with Gasteiger partial charge < -0.3 is 4.90 Å². The maximum atomic E-state index is 2.56. The van der Waals surface area contributed by atoms with Crippen LogP contribution in [0.4, 0.5) is 17.1 Å². The smallest absolute Gasteiger partial charge is 0.0726 e. The fraction of sp³-hybridized carbons (Fsp3) is 0.0294. The van der Waals surface area contributed by atoms with Crippen LogP contribution in [-0.2, 0) is 10.8 Å². The van der Waals surface area contributed by atoms with Crippen LogP contribution in [0, 0.1) is 0 Å². The average molecular weight is 904 g/mol. The summed E-state index contributed by atoms with van der Waals surface area (Å²) in [5, 5.41) is 2.66. The topological polar surface area (TPSA) is 3.24 Å². The lowest BCUT2D eigenvalue weighted by Gasteiger charge is -2.33. The zero-order chi connectivity index (χ0) is 45.7. The first-order valence-electron chi connectivity index (χ1n) is 24.4. The number of nitrogens with zero attached hydrogens (tertiary/aromatic N) is 1. The van der Waals surface area contributed by atoms with E-state index >= 15 is 0 Å². The van der Waals surface area contributed by atoms with Crippen molar-refractivity contribution in [3.05, 3.63) is 293 Å². The molecule has 0 N–H and O–H groups in total. The predicted octanol–water partition coefficient (Wildman–Crippen LogP) is 17.9. The molecule has 11 aromatic carbocycles. The molecule has 1 nitrogen and oxygen atoms in total. The summed E-state index contributed by atoms with van der Waals surface area (Å²) in [6.45, 7) is 0. The molecule has 2 spiro atoms. The van der Waals surface area contributed by atoms with Crippen LogP contribution in [0.2, 0.25) is 0 Å². The molecule has 0 aliphatic heterocycles. The van der Waals surface area contributed by atoms with Crippen molar-refractivity contribution in [3.63, 3.8) is 0 Å². The third-order valence-corrected chi connectivity index (χ3v) is 17.5. The molecule has 4 aliphatic rings. The van der Waals surface area contributed by atoms with Gasteiger partial charge in [0.15, 0.2) is 0 Å². The summed E-state index contributed by atoms with van der Waals surface area (Å²) < 4.78 is 2.70. The summed E-state index contributed by atoms with van der Waals surface area (Å²) in [7, 11) is 0. The molecule has 324 valence electrons. The van der Waals surface area contributed by atoms with E-state index in [4.69, 9.17) is 0 Å². The molecule has 4 aliphatic carbocycles. The molecule has 1 aromatic heterocycles. The molecule has 1 heterocycles. The van der Waals surface area contributed by atoms with E-state index in [1.807, 2.05) is 11.3 Å². The zero-order valence-corrected chi connectivity index (χ0v) is 38.8. The van der Waals surface area contributed by atoms with E-state index in [-0.39, 0.29) is 0 Å². The van der Waals surface area contributed by atoms with E-state index in [9.17, 15) is 0 Å². The van der Waals surface area contributed by atoms with Crippen LogP contribution in [-0.4, -0.2) is 0 Å². The van der Waals surface area contributed by atoms with E-state index < -0.39 is 10.8 Å². The molecule has 16 rings (SSSR count). The second-order valence-corrected chi connectivity index (χ2v) is 20.4. The standard InChI is InChI=1S/C68H41NS/c1-2-17-42(18-3-1)43-33-35-44(36-34-43)69(45-37-38-49-48-21-6-12-27-56(48)67(61(49)41-45)54-25-10-4-19-46(54)47-20-5-11-26-55(47)67)62-31-16-30-59-64(62)52-23-7-13-28-57(52)68(59)58-29-14-8-24-53(58)65-60(68)40-39-51-50-22-9-15-32-63(50)70-66(51)65/h1-41H. The van der Waals surface area contributed by atoms with Crippen LogP contribution in [0.25, 0.3) is 75.8 Å². The van der Waals surface area contributed by atoms with Gasteiger partial charge in [-0.15, -0.1) is 11.3 Å². The third kappa shape index (κ3) is 4.72. The first-order chi connectivity index (χ1) is 34.7. The van der Waals surface area contributed by atoms with Crippen LogP contribution in [0.1, 0.15) is 44.5 Å². The monoisotopic (exact) mass is 903 g/mol. The molecular formula is C68H41NS. The predicted molar refractivity (Wildman–Crippen MR) is 292 cm³/mol. The Bertz CT molecular complexity index is 4130. The summed E-state index contributed by atoms with van der Waals surface area (Å²) >= 11 is 1.93. The van der Waals surface area contributed by atoms with Crippen molar-refractivity contribution < 1.29 is 0 Å². The highest BCUT2D eigenvalue weighted by Gasteiger charge is 2.54. The van der Waals surface area contributed by atoms with Gasteiger partial charge in [-0.2, -0.15) is 0 Å². The SMILES string of the molecule is c1ccc(-c2ccc(N(c3ccc4c(c3)C3(c5ccccc5-c5ccccc53)c3ccccc3-4)c3cccc4c3-c3ccccc3C43c4ccccc4-c4c3ccc3c4sc4ccccc43)cc2)cc1. The number of rotatable bonds is 4. The highest BCUT2D eigenvalue weighted by molar-refractivity contribution is 7.26. The lowest BCUT2D eigenvalue weighted by molar-refractivity contribution is 0.793. The fourth-order valence-corrected chi connectivity index (χ4v) is 15.0. The molecule has 1 atom stereocenters. The minimum Gasteiger partial charge on any atom is -0.310 e. The van der Waals surface area contributed by atoms with E-state index in [1.165, 1.54) is 126 Å². The van der Waals surface area contributed by atoms with Gasteiger partial charge in [-0.3, -0.25) is 0 Å². The van der Waals surface area contributed by atoms with Gasteiger partial charge in [0.1, 0.15) is 0 Å². The normalized spacial score (nSPS) is 15.6. The van der Waals surface area contributed by atoms with Gasteiger partial charge in [0.05, 0.1) is 16.5 Å². The van der Waals surface area contributed by atoms with Crippen molar-refractivity contribution in [1.29, 1.82) is 0 Å². The molecule has 0 saturated heterocycles. The van der Waals surface area contributed by atoms with Crippen molar-refractivity contribution in [2.75, 3.05) is 4.90 Å². The van der Waals surface area contributed by atoms with Crippen molar-refractivity contribution in [2.45, 2.75) is 10.8 Å². The third-order valence-electron chi connectivity index (χ3n) is 16.3. The summed E-state index contributed by atoms with van der Waals surface area (Å²) in [5.74, 6) is 0. The summed E-state index contributed by atoms with van der Waals surface area (Å²) in [4.78, 5) is 2.56. The number of thiophene rings is 1. The molecule has 12 aromatic rings. The van der Waals surface area contributed by atoms with Gasteiger partial charge in [-0.05, 0) is 125 Å². The lowest BCUT2D eigenvalue weighted by atomic mass is 9.70. The molecule has 0 radical (unpaired) electrons. The molecule has 1 unspecified atom stereocenters. The van der Waals surface area contributed by atoms with Crippen molar-refractivity contribution in [2.24, 2.45) is 0 Å². The first kappa shape index (κ1) is 38.4. The Morgan fingerprint density at radius 3 is 1.41 bits per heavy atom. The van der Waals surface area contributed by atoms with Crippen molar-refractivity contribution >= 4 is 48.6 Å². The Kier molecular flexibility index (Phi) is 7.69. The van der Waals surface area contributed by atoms with Crippen LogP contribution in [0.3, 0.4) is 0 Å². The molecule has 0 bridgehead atoms. The number of anilines is 3. The Balaban J connectivity index is 0.981. The van der Waals surface area contributed by atoms with Crippen LogP contribution < -0.4 is 4.90 Å². The maximum absolute atomic E-state index is 2.56. The van der Waals surface area contributed by atoms with Gasteiger partial charge in [-0.1, -0.05) is 212 Å². The summed E-state index contributed by atoms with van der Waals surface area (Å²) in [5.41, 5.74) is 26.1. The van der Waals surface area contributed by atoms with Gasteiger partial charge in [0, 0.05) is 42.7 Å². The van der Waals surface area contributed by atoms with Crippen LogP contribution in [0.15, 0.2) is 249 Å². The van der Waals surface area contributed by atoms with Crippen molar-refractivity contribution in [1.82, 2.24) is 0 Å². The van der Waals surface area contributed by atoms with E-state index in [0.29, 0.717) is 0 Å². The average Bonchev–Trinajstić information content (AvgIpc) is 4.20. The van der Waals surface area contributed by atoms with Gasteiger partial charge in [0.2, 0.25) is 0 Å². The maximum Gasteiger partial charge on any atom is 0.0726 e. The second-order valence-electron chi connectivity index (χ2n) is 19.4. The minimum absolute atomic E-state index is 0.470. The van der Waals surface area contributed by atoms with E-state index in [0.717, 1.165) is 11.4 Å². The summed E-state index contributed by atoms with van der Waals surface area (Å²) in [6.07, 6.45) is 0. The number of hydrogen-bond donors (Lipinski definition) is 0. The Morgan fingerprint density at radius 2 is 0.757 bits per heavy atom. The molecule has 0 saturated carbocycles.